The third-order valence-corrected chi connectivity index (χ3v) is 1.79. The highest BCUT2D eigenvalue weighted by Crippen LogP contribution is 1.97. The Morgan fingerprint density at radius 3 is 2.70 bits per heavy atom. The van der Waals surface area contributed by atoms with Crippen molar-refractivity contribution in [2.45, 2.75) is 18.7 Å². The van der Waals surface area contributed by atoms with Crippen molar-refractivity contribution in [1.29, 1.82) is 0 Å². The molecule has 0 spiro atoms. The zero-order valence-corrected chi connectivity index (χ0v) is 7.37. The lowest BCUT2D eigenvalue weighted by Crippen LogP contribution is -2.32. The van der Waals surface area contributed by atoms with E-state index in [4.69, 9.17) is 23.2 Å². The van der Waals surface area contributed by atoms with Gasteiger partial charge in [-0.2, -0.15) is 0 Å². The van der Waals surface area contributed by atoms with Gasteiger partial charge in [0.25, 0.3) is 0 Å². The lowest BCUT2D eigenvalue weighted by atomic mass is 10.4. The van der Waals surface area contributed by atoms with Crippen LogP contribution in [0.25, 0.3) is 0 Å². The zero-order chi connectivity index (χ0) is 7.98. The molecule has 0 bridgehead atoms. The van der Waals surface area contributed by atoms with E-state index in [9.17, 15) is 4.79 Å². The molecule has 0 aliphatic heterocycles. The number of halogens is 2. The van der Waals surface area contributed by atoms with E-state index in [1.165, 1.54) is 0 Å². The first kappa shape index (κ1) is 10.0. The molecule has 0 radical (unpaired) electrons. The van der Waals surface area contributed by atoms with Crippen LogP contribution in [0.5, 0.6) is 0 Å². The van der Waals surface area contributed by atoms with Crippen LogP contribution in [0.15, 0.2) is 0 Å². The van der Waals surface area contributed by atoms with Crippen molar-refractivity contribution in [3.63, 3.8) is 0 Å². The second-order valence-corrected chi connectivity index (χ2v) is 2.75. The van der Waals surface area contributed by atoms with E-state index in [2.05, 4.69) is 5.32 Å². The fourth-order valence-electron chi connectivity index (χ4n) is 0.429. The zero-order valence-electron chi connectivity index (χ0n) is 5.86. The predicted molar refractivity (Wildman–Crippen MR) is 43.7 cm³/mol. The highest BCUT2D eigenvalue weighted by molar-refractivity contribution is 6.36. The molecular weight excluding hydrogens is 173 g/mol. The lowest BCUT2D eigenvalue weighted by molar-refractivity contribution is -0.120. The van der Waals surface area contributed by atoms with Crippen LogP contribution in [0, 0.1) is 0 Å². The molecule has 0 aliphatic rings. The molecule has 2 nitrogen and oxygen atoms in total. The lowest BCUT2D eigenvalue weighted by Gasteiger charge is -2.05. The molecule has 0 aromatic heterocycles. The van der Waals surface area contributed by atoms with Crippen molar-refractivity contribution >= 4 is 29.1 Å². The van der Waals surface area contributed by atoms with Gasteiger partial charge in [0.05, 0.1) is 0 Å². The average Bonchev–Trinajstić information content (AvgIpc) is 1.98. The molecule has 0 aromatic carbocycles. The van der Waals surface area contributed by atoms with Crippen LogP contribution in [0.2, 0.25) is 0 Å². The Balaban J connectivity index is 3.42. The fraction of sp³-hybridized carbons (Fsp3) is 0.833. The van der Waals surface area contributed by atoms with Gasteiger partial charge in [0.1, 0.15) is 5.38 Å². The molecule has 4 heteroatoms. The standard InChI is InChI=1S/C6H11Cl2NO/c1-2-3-9-6(10)5(8)4-7/h5H,2-4H2,1H3,(H,9,10). The monoisotopic (exact) mass is 183 g/mol. The number of nitrogens with one attached hydrogen (secondary N) is 1. The molecule has 0 saturated heterocycles. The summed E-state index contributed by atoms with van der Waals surface area (Å²) in [5, 5.41) is 2.04. The number of carbonyl (C=O) groups excluding carboxylic acids is 1. The number of hydrogen-bond donors (Lipinski definition) is 1. The minimum atomic E-state index is -0.590. The third-order valence-electron chi connectivity index (χ3n) is 0.969. The van der Waals surface area contributed by atoms with Crippen molar-refractivity contribution in [2.24, 2.45) is 0 Å². The molecule has 1 amide bonds. The topological polar surface area (TPSA) is 29.1 Å². The van der Waals surface area contributed by atoms with Crippen LogP contribution >= 0.6 is 23.2 Å². The molecule has 60 valence electrons. The third kappa shape index (κ3) is 3.96. The normalized spacial score (nSPS) is 12.7. The van der Waals surface area contributed by atoms with Gasteiger partial charge in [-0.15, -0.1) is 23.2 Å². The smallest absolute Gasteiger partial charge is 0.239 e. The van der Waals surface area contributed by atoms with E-state index in [0.717, 1.165) is 6.42 Å². The summed E-state index contributed by atoms with van der Waals surface area (Å²) in [5.41, 5.74) is 0. The molecule has 0 aliphatic carbocycles. The van der Waals surface area contributed by atoms with Gasteiger partial charge in [-0.05, 0) is 6.42 Å². The van der Waals surface area contributed by atoms with Crippen LogP contribution in [-0.2, 0) is 4.79 Å². The van der Waals surface area contributed by atoms with E-state index in [0.29, 0.717) is 6.54 Å². The first-order valence-corrected chi connectivity index (χ1v) is 4.17. The van der Waals surface area contributed by atoms with E-state index in [1.807, 2.05) is 6.92 Å². The molecule has 1 atom stereocenters. The summed E-state index contributed by atoms with van der Waals surface area (Å²) in [5.74, 6) is -0.0181. The number of hydrogen-bond acceptors (Lipinski definition) is 1. The summed E-state index contributed by atoms with van der Waals surface area (Å²) in [7, 11) is 0. The van der Waals surface area contributed by atoms with E-state index in [-0.39, 0.29) is 11.8 Å². The van der Waals surface area contributed by atoms with Crippen molar-refractivity contribution in [1.82, 2.24) is 5.32 Å². The van der Waals surface area contributed by atoms with Crippen LogP contribution < -0.4 is 5.32 Å². The van der Waals surface area contributed by atoms with Gasteiger partial charge in [0.15, 0.2) is 0 Å². The molecule has 1 unspecified atom stereocenters. The maximum absolute atomic E-state index is 10.8. The van der Waals surface area contributed by atoms with Crippen LogP contribution in [-0.4, -0.2) is 23.7 Å². The Morgan fingerprint density at radius 2 is 2.30 bits per heavy atom. The number of rotatable bonds is 4. The molecular formula is C6H11Cl2NO. The molecule has 0 fully saturated rings. The number of carbonyl (C=O) groups is 1. The van der Waals surface area contributed by atoms with E-state index < -0.39 is 5.38 Å². The van der Waals surface area contributed by atoms with Crippen molar-refractivity contribution in [3.05, 3.63) is 0 Å². The summed E-state index contributed by atoms with van der Waals surface area (Å²) < 4.78 is 0. The Labute approximate surface area is 70.9 Å². The van der Waals surface area contributed by atoms with E-state index >= 15 is 0 Å². The number of alkyl halides is 2. The van der Waals surface area contributed by atoms with Gasteiger partial charge in [0.2, 0.25) is 5.91 Å². The molecule has 0 heterocycles. The average molecular weight is 184 g/mol. The van der Waals surface area contributed by atoms with E-state index in [1.54, 1.807) is 0 Å². The van der Waals surface area contributed by atoms with Crippen LogP contribution in [0.4, 0.5) is 0 Å². The van der Waals surface area contributed by atoms with Gasteiger partial charge in [-0.25, -0.2) is 0 Å². The van der Waals surface area contributed by atoms with Crippen molar-refractivity contribution in [3.8, 4) is 0 Å². The SMILES string of the molecule is CCCNC(=O)C(Cl)CCl. The van der Waals surface area contributed by atoms with Gasteiger partial charge in [0, 0.05) is 12.4 Å². The maximum Gasteiger partial charge on any atom is 0.239 e. The van der Waals surface area contributed by atoms with Crippen LogP contribution in [0.3, 0.4) is 0 Å². The summed E-state index contributed by atoms with van der Waals surface area (Å²) in [6.45, 7) is 2.64. The molecule has 10 heavy (non-hydrogen) atoms. The van der Waals surface area contributed by atoms with Crippen molar-refractivity contribution in [2.75, 3.05) is 12.4 Å². The Hall–Kier alpha value is 0.0500. The second-order valence-electron chi connectivity index (χ2n) is 1.91. The first-order valence-electron chi connectivity index (χ1n) is 3.20. The van der Waals surface area contributed by atoms with Gasteiger partial charge in [-0.1, -0.05) is 6.92 Å². The van der Waals surface area contributed by atoms with Gasteiger partial charge in [-0.3, -0.25) is 4.79 Å². The Bertz CT molecular complexity index is 108. The molecule has 1 N–H and O–H groups in total. The Kier molecular flexibility index (Phi) is 5.84. The maximum atomic E-state index is 10.8. The largest absolute Gasteiger partial charge is 0.355 e. The highest BCUT2D eigenvalue weighted by atomic mass is 35.5. The predicted octanol–water partition coefficient (Wildman–Crippen LogP) is 1.36. The first-order chi connectivity index (χ1) is 4.72. The summed E-state index contributed by atoms with van der Waals surface area (Å²) in [6, 6.07) is 0. The molecule has 0 rings (SSSR count). The summed E-state index contributed by atoms with van der Waals surface area (Å²) in [4.78, 5) is 10.8. The molecule has 0 saturated carbocycles. The number of amides is 1. The van der Waals surface area contributed by atoms with Gasteiger partial charge >= 0.3 is 0 Å². The van der Waals surface area contributed by atoms with Crippen LogP contribution in [0.1, 0.15) is 13.3 Å². The fourth-order valence-corrected chi connectivity index (χ4v) is 0.646. The minimum Gasteiger partial charge on any atom is -0.355 e. The summed E-state index contributed by atoms with van der Waals surface area (Å²) in [6.07, 6.45) is 0.914. The molecule has 0 aromatic rings. The minimum absolute atomic E-state index is 0.164. The summed E-state index contributed by atoms with van der Waals surface area (Å²) >= 11 is 10.8. The second kappa shape index (κ2) is 5.81. The van der Waals surface area contributed by atoms with Gasteiger partial charge < -0.3 is 5.32 Å². The van der Waals surface area contributed by atoms with Crippen molar-refractivity contribution < 1.29 is 4.79 Å². The Morgan fingerprint density at radius 1 is 1.70 bits per heavy atom. The quantitative estimate of drug-likeness (QED) is 0.656. The highest BCUT2D eigenvalue weighted by Gasteiger charge is 2.11.